The van der Waals surface area contributed by atoms with Crippen LogP contribution in [0.15, 0.2) is 18.2 Å². The average Bonchev–Trinajstić information content (AvgIpc) is 2.32. The number of ether oxygens (including phenoxy) is 1. The summed E-state index contributed by atoms with van der Waals surface area (Å²) in [5, 5.41) is 19.4. The average molecular weight is 237 g/mol. The Bertz CT molecular complexity index is 381. The van der Waals surface area contributed by atoms with Gasteiger partial charge in [-0.1, -0.05) is 6.07 Å². The fraction of sp³-hybridized carbons (Fsp3) is 0.538. The third-order valence-electron chi connectivity index (χ3n) is 3.17. The van der Waals surface area contributed by atoms with Gasteiger partial charge in [-0.25, -0.2) is 0 Å². The molecular weight excluding hydrogens is 218 g/mol. The summed E-state index contributed by atoms with van der Waals surface area (Å²) < 4.78 is 5.04. The summed E-state index contributed by atoms with van der Waals surface area (Å²) in [5.74, 6) is 0.911. The summed E-state index contributed by atoms with van der Waals surface area (Å²) in [6.07, 6.45) is 1.66. The van der Waals surface area contributed by atoms with Crippen molar-refractivity contribution < 1.29 is 14.9 Å². The first-order chi connectivity index (χ1) is 8.19. The second-order valence-corrected chi connectivity index (χ2v) is 4.53. The molecule has 2 N–H and O–H groups in total. The molecule has 0 spiro atoms. The zero-order valence-electron chi connectivity index (χ0n) is 10.1. The van der Waals surface area contributed by atoms with Crippen LogP contribution in [0.1, 0.15) is 18.4 Å². The molecule has 0 saturated carbocycles. The van der Waals surface area contributed by atoms with Gasteiger partial charge in [-0.2, -0.15) is 0 Å². The number of β-amino-alcohol motifs (C(OH)–C–C–N with tert-alkyl or cyclic N) is 1. The van der Waals surface area contributed by atoms with Gasteiger partial charge in [0, 0.05) is 24.7 Å². The maximum atomic E-state index is 9.85. The van der Waals surface area contributed by atoms with Gasteiger partial charge < -0.3 is 14.9 Å². The highest BCUT2D eigenvalue weighted by Gasteiger charge is 2.18. The minimum atomic E-state index is -0.232. The quantitative estimate of drug-likeness (QED) is 0.833. The van der Waals surface area contributed by atoms with Crippen molar-refractivity contribution in [1.29, 1.82) is 0 Å². The SMILES string of the molecule is COc1ccc(CN2CCCC(O)C2)c(O)c1. The zero-order chi connectivity index (χ0) is 12.3. The van der Waals surface area contributed by atoms with Crippen LogP contribution >= 0.6 is 0 Å². The van der Waals surface area contributed by atoms with E-state index >= 15 is 0 Å². The van der Waals surface area contributed by atoms with E-state index in [1.807, 2.05) is 12.1 Å². The fourth-order valence-electron chi connectivity index (χ4n) is 2.22. The fourth-order valence-corrected chi connectivity index (χ4v) is 2.22. The van der Waals surface area contributed by atoms with E-state index < -0.39 is 0 Å². The molecular formula is C13H19NO3. The standard InChI is InChI=1S/C13H19NO3/c1-17-12-5-4-10(13(16)7-12)8-14-6-2-3-11(15)9-14/h4-5,7,11,15-16H,2-3,6,8-9H2,1H3. The van der Waals surface area contributed by atoms with Gasteiger partial charge in [-0.15, -0.1) is 0 Å². The third-order valence-corrected chi connectivity index (χ3v) is 3.17. The maximum absolute atomic E-state index is 9.85. The van der Waals surface area contributed by atoms with Gasteiger partial charge in [0.1, 0.15) is 11.5 Å². The minimum Gasteiger partial charge on any atom is -0.507 e. The molecule has 1 saturated heterocycles. The molecule has 4 heteroatoms. The molecule has 1 aliphatic heterocycles. The van der Waals surface area contributed by atoms with Crippen molar-refractivity contribution in [3.8, 4) is 11.5 Å². The molecule has 0 bridgehead atoms. The number of nitrogens with zero attached hydrogens (tertiary/aromatic N) is 1. The molecule has 0 aromatic heterocycles. The summed E-state index contributed by atoms with van der Waals surface area (Å²) in [4.78, 5) is 2.16. The van der Waals surface area contributed by atoms with Crippen LogP contribution in [0.25, 0.3) is 0 Å². The Kier molecular flexibility index (Phi) is 3.86. The Morgan fingerprint density at radius 3 is 2.94 bits per heavy atom. The van der Waals surface area contributed by atoms with Gasteiger partial charge >= 0.3 is 0 Å². The van der Waals surface area contributed by atoms with Crippen molar-refractivity contribution in [2.45, 2.75) is 25.5 Å². The largest absolute Gasteiger partial charge is 0.507 e. The number of aliphatic hydroxyl groups excluding tert-OH is 1. The number of hydrogen-bond donors (Lipinski definition) is 2. The number of aromatic hydroxyl groups is 1. The van der Waals surface area contributed by atoms with Gasteiger partial charge in [0.05, 0.1) is 13.2 Å². The van der Waals surface area contributed by atoms with Crippen LogP contribution in [0.2, 0.25) is 0 Å². The molecule has 0 aliphatic carbocycles. The summed E-state index contributed by atoms with van der Waals surface area (Å²) in [6.45, 7) is 2.33. The first kappa shape index (κ1) is 12.2. The van der Waals surface area contributed by atoms with Gasteiger partial charge in [0.25, 0.3) is 0 Å². The van der Waals surface area contributed by atoms with E-state index in [4.69, 9.17) is 4.74 Å². The lowest BCUT2D eigenvalue weighted by Gasteiger charge is -2.30. The minimum absolute atomic E-state index is 0.232. The molecule has 0 amide bonds. The van der Waals surface area contributed by atoms with E-state index in [9.17, 15) is 10.2 Å². The molecule has 1 fully saturated rings. The number of phenolic OH excluding ortho intramolecular Hbond substituents is 1. The lowest BCUT2D eigenvalue weighted by atomic mass is 10.1. The van der Waals surface area contributed by atoms with Crippen molar-refractivity contribution in [3.05, 3.63) is 23.8 Å². The first-order valence-corrected chi connectivity index (χ1v) is 5.95. The molecule has 17 heavy (non-hydrogen) atoms. The van der Waals surface area contributed by atoms with Crippen molar-refractivity contribution in [3.63, 3.8) is 0 Å². The predicted molar refractivity (Wildman–Crippen MR) is 65.2 cm³/mol. The van der Waals surface area contributed by atoms with Gasteiger partial charge in [-0.05, 0) is 25.5 Å². The molecule has 1 aromatic rings. The molecule has 1 atom stereocenters. The Labute approximate surface area is 101 Å². The Morgan fingerprint density at radius 2 is 2.29 bits per heavy atom. The van der Waals surface area contributed by atoms with E-state index in [0.29, 0.717) is 18.8 Å². The molecule has 1 heterocycles. The molecule has 2 rings (SSSR count). The number of methoxy groups -OCH3 is 1. The highest BCUT2D eigenvalue weighted by Crippen LogP contribution is 2.25. The number of aliphatic hydroxyl groups is 1. The van der Waals surface area contributed by atoms with Gasteiger partial charge in [0.2, 0.25) is 0 Å². The van der Waals surface area contributed by atoms with E-state index in [0.717, 1.165) is 24.9 Å². The highest BCUT2D eigenvalue weighted by atomic mass is 16.5. The number of rotatable bonds is 3. The van der Waals surface area contributed by atoms with E-state index in [2.05, 4.69) is 4.90 Å². The van der Waals surface area contributed by atoms with Crippen LogP contribution in [0.5, 0.6) is 11.5 Å². The molecule has 1 aromatic carbocycles. The number of likely N-dealkylation sites (tertiary alicyclic amines) is 1. The van der Waals surface area contributed by atoms with Crippen LogP contribution in [0.3, 0.4) is 0 Å². The van der Waals surface area contributed by atoms with Crippen molar-refractivity contribution in [1.82, 2.24) is 4.90 Å². The Balaban J connectivity index is 2.02. The number of piperidine rings is 1. The van der Waals surface area contributed by atoms with Gasteiger partial charge in [0.15, 0.2) is 0 Å². The topological polar surface area (TPSA) is 52.9 Å². The monoisotopic (exact) mass is 237 g/mol. The van der Waals surface area contributed by atoms with Crippen LogP contribution in [-0.2, 0) is 6.54 Å². The van der Waals surface area contributed by atoms with Crippen LogP contribution in [-0.4, -0.2) is 41.4 Å². The first-order valence-electron chi connectivity index (χ1n) is 5.95. The number of benzene rings is 1. The summed E-state index contributed by atoms with van der Waals surface area (Å²) in [5.41, 5.74) is 0.875. The van der Waals surface area contributed by atoms with Crippen LogP contribution in [0.4, 0.5) is 0 Å². The summed E-state index contributed by atoms with van der Waals surface area (Å²) in [7, 11) is 1.58. The van der Waals surface area contributed by atoms with Crippen molar-refractivity contribution in [2.24, 2.45) is 0 Å². The number of hydrogen-bond acceptors (Lipinski definition) is 4. The normalized spacial score (nSPS) is 21.4. The second kappa shape index (κ2) is 5.38. The summed E-state index contributed by atoms with van der Waals surface area (Å²) in [6, 6.07) is 5.33. The summed E-state index contributed by atoms with van der Waals surface area (Å²) >= 11 is 0. The second-order valence-electron chi connectivity index (χ2n) is 4.53. The molecule has 4 nitrogen and oxygen atoms in total. The highest BCUT2D eigenvalue weighted by molar-refractivity contribution is 5.39. The lowest BCUT2D eigenvalue weighted by molar-refractivity contribution is 0.0664. The van der Waals surface area contributed by atoms with Crippen molar-refractivity contribution >= 4 is 0 Å². The van der Waals surface area contributed by atoms with E-state index in [-0.39, 0.29) is 11.9 Å². The van der Waals surface area contributed by atoms with Crippen molar-refractivity contribution in [2.75, 3.05) is 20.2 Å². The molecule has 1 unspecified atom stereocenters. The smallest absolute Gasteiger partial charge is 0.123 e. The molecule has 1 aliphatic rings. The molecule has 0 radical (unpaired) electrons. The van der Waals surface area contributed by atoms with E-state index in [1.54, 1.807) is 13.2 Å². The maximum Gasteiger partial charge on any atom is 0.123 e. The Hall–Kier alpha value is -1.26. The van der Waals surface area contributed by atoms with Gasteiger partial charge in [-0.3, -0.25) is 4.90 Å². The van der Waals surface area contributed by atoms with Crippen LogP contribution in [0, 0.1) is 0 Å². The molecule has 94 valence electrons. The van der Waals surface area contributed by atoms with Crippen LogP contribution < -0.4 is 4.74 Å². The van der Waals surface area contributed by atoms with E-state index in [1.165, 1.54) is 0 Å². The number of phenols is 1. The Morgan fingerprint density at radius 1 is 1.47 bits per heavy atom. The predicted octanol–water partition coefficient (Wildman–Crippen LogP) is 1.36. The zero-order valence-corrected chi connectivity index (χ0v) is 10.1. The lowest BCUT2D eigenvalue weighted by Crippen LogP contribution is -2.37. The third kappa shape index (κ3) is 3.11.